The Morgan fingerprint density at radius 2 is 1.58 bits per heavy atom. The molecule has 0 aromatic heterocycles. The summed E-state index contributed by atoms with van der Waals surface area (Å²) in [6, 6.07) is 6.44. The number of aliphatic hydroxyl groups is 1. The Morgan fingerprint density at radius 3 is 2.04 bits per heavy atom. The molecule has 1 aromatic rings. The van der Waals surface area contributed by atoms with Crippen LogP contribution in [0, 0.1) is 5.92 Å². The Bertz CT molecular complexity index is 669. The zero-order valence-corrected chi connectivity index (χ0v) is 16.4. The Morgan fingerprint density at radius 1 is 1.00 bits per heavy atom. The molecular weight excluding hydrogens is 296 g/mol. The molecule has 1 rings (SSSR count). The summed E-state index contributed by atoms with van der Waals surface area (Å²) >= 11 is 0. The Hall–Kier alpha value is -1.83. The summed E-state index contributed by atoms with van der Waals surface area (Å²) in [5.41, 5.74) is 6.44. The highest BCUT2D eigenvalue weighted by atomic mass is 16.3. The van der Waals surface area contributed by atoms with Crippen molar-refractivity contribution in [3.8, 4) is 0 Å². The number of benzene rings is 1. The van der Waals surface area contributed by atoms with E-state index in [0.717, 1.165) is 5.56 Å². The number of hydrogen-bond donors (Lipinski definition) is 1. The number of carbonyl (C=O) groups excluding carboxylic acids is 1. The van der Waals surface area contributed by atoms with Crippen molar-refractivity contribution < 1.29 is 9.90 Å². The molecule has 0 spiro atoms. The molecule has 1 N–H and O–H groups in total. The molecule has 0 amide bonds. The number of carbonyl (C=O) groups is 1. The number of hydrogen-bond acceptors (Lipinski definition) is 2. The summed E-state index contributed by atoms with van der Waals surface area (Å²) < 4.78 is 0. The first kappa shape index (κ1) is 20.2. The molecule has 0 atom stereocenters. The van der Waals surface area contributed by atoms with E-state index in [0.29, 0.717) is 17.9 Å². The predicted molar refractivity (Wildman–Crippen MR) is 103 cm³/mol. The van der Waals surface area contributed by atoms with Crippen LogP contribution in [-0.2, 0) is 11.2 Å². The van der Waals surface area contributed by atoms with Crippen molar-refractivity contribution in [2.24, 2.45) is 5.92 Å². The SMILES string of the molecule is CC(C)=C(C)c1cc(CC(=O)/C(C)=C(\O)C(C)C)cc(C(C)C)c1. The second-order valence-corrected chi connectivity index (χ2v) is 7.51. The number of rotatable bonds is 6. The van der Waals surface area contributed by atoms with E-state index in [-0.39, 0.29) is 17.5 Å². The molecule has 0 saturated carbocycles. The third kappa shape index (κ3) is 5.09. The summed E-state index contributed by atoms with van der Waals surface area (Å²) in [5.74, 6) is 0.563. The summed E-state index contributed by atoms with van der Waals surface area (Å²) in [7, 11) is 0. The first-order chi connectivity index (χ1) is 11.0. The maximum Gasteiger partial charge on any atom is 0.166 e. The summed E-state index contributed by atoms with van der Waals surface area (Å²) in [5, 5.41) is 10.1. The van der Waals surface area contributed by atoms with E-state index in [1.165, 1.54) is 22.3 Å². The molecule has 0 aliphatic heterocycles. The Kier molecular flexibility index (Phi) is 7.01. The van der Waals surface area contributed by atoms with Crippen LogP contribution < -0.4 is 0 Å². The molecule has 0 radical (unpaired) electrons. The van der Waals surface area contributed by atoms with Crippen LogP contribution in [0.3, 0.4) is 0 Å². The van der Waals surface area contributed by atoms with Crippen LogP contribution in [0.5, 0.6) is 0 Å². The lowest BCUT2D eigenvalue weighted by molar-refractivity contribution is -0.115. The molecule has 0 unspecified atom stereocenters. The molecule has 0 bridgehead atoms. The predicted octanol–water partition coefficient (Wildman–Crippen LogP) is 6.22. The highest BCUT2D eigenvalue weighted by molar-refractivity contribution is 5.96. The molecule has 2 nitrogen and oxygen atoms in total. The van der Waals surface area contributed by atoms with Crippen molar-refractivity contribution in [3.63, 3.8) is 0 Å². The molecule has 24 heavy (non-hydrogen) atoms. The molecule has 1 aromatic carbocycles. The number of aliphatic hydroxyl groups excluding tert-OH is 1. The largest absolute Gasteiger partial charge is 0.512 e. The minimum atomic E-state index is -0.0283. The van der Waals surface area contributed by atoms with E-state index in [4.69, 9.17) is 0 Å². The second-order valence-electron chi connectivity index (χ2n) is 7.51. The lowest BCUT2D eigenvalue weighted by Gasteiger charge is -2.14. The molecule has 0 heterocycles. The Labute approximate surface area is 147 Å². The van der Waals surface area contributed by atoms with E-state index in [1.807, 2.05) is 13.8 Å². The van der Waals surface area contributed by atoms with Crippen LogP contribution in [-0.4, -0.2) is 10.9 Å². The monoisotopic (exact) mass is 328 g/mol. The zero-order chi connectivity index (χ0) is 18.6. The summed E-state index contributed by atoms with van der Waals surface area (Å²) in [6.45, 7) is 16.2. The first-order valence-corrected chi connectivity index (χ1v) is 8.75. The van der Waals surface area contributed by atoms with Crippen LogP contribution in [0.4, 0.5) is 0 Å². The van der Waals surface area contributed by atoms with Crippen molar-refractivity contribution in [1.29, 1.82) is 0 Å². The average molecular weight is 328 g/mol. The fourth-order valence-electron chi connectivity index (χ4n) is 2.55. The number of allylic oxidation sites excluding steroid dienone is 4. The lowest BCUT2D eigenvalue weighted by atomic mass is 9.91. The van der Waals surface area contributed by atoms with E-state index in [9.17, 15) is 9.90 Å². The van der Waals surface area contributed by atoms with Gasteiger partial charge in [0.2, 0.25) is 0 Å². The average Bonchev–Trinajstić information content (AvgIpc) is 2.51. The summed E-state index contributed by atoms with van der Waals surface area (Å²) in [4.78, 5) is 12.5. The standard InChI is InChI=1S/C22H32O2/c1-13(2)16(7)20-10-18(9-19(12-20)14(3)4)11-21(23)17(8)22(24)15(5)6/h9-10,12,14-15,24H,11H2,1-8H3/b22-17-. The van der Waals surface area contributed by atoms with Gasteiger partial charge in [-0.25, -0.2) is 0 Å². The number of Topliss-reactive ketones (excluding diaryl/α,β-unsaturated/α-hetero) is 1. The first-order valence-electron chi connectivity index (χ1n) is 8.75. The molecule has 0 aliphatic rings. The maximum atomic E-state index is 12.5. The zero-order valence-electron chi connectivity index (χ0n) is 16.4. The van der Waals surface area contributed by atoms with Gasteiger partial charge in [-0.2, -0.15) is 0 Å². The van der Waals surface area contributed by atoms with E-state index in [1.54, 1.807) is 6.92 Å². The topological polar surface area (TPSA) is 37.3 Å². The van der Waals surface area contributed by atoms with Crippen LogP contribution in [0.25, 0.3) is 5.57 Å². The molecule has 0 fully saturated rings. The van der Waals surface area contributed by atoms with Gasteiger partial charge in [0.15, 0.2) is 5.78 Å². The van der Waals surface area contributed by atoms with Crippen LogP contribution in [0.15, 0.2) is 35.1 Å². The second kappa shape index (κ2) is 8.32. The van der Waals surface area contributed by atoms with E-state index >= 15 is 0 Å². The highest BCUT2D eigenvalue weighted by Gasteiger charge is 2.15. The van der Waals surface area contributed by atoms with Gasteiger partial charge >= 0.3 is 0 Å². The van der Waals surface area contributed by atoms with Gasteiger partial charge in [-0.05, 0) is 55.9 Å². The quantitative estimate of drug-likeness (QED) is 0.497. The molecule has 2 heteroatoms. The summed E-state index contributed by atoms with van der Waals surface area (Å²) in [6.07, 6.45) is 0.326. The molecule has 0 aliphatic carbocycles. The van der Waals surface area contributed by atoms with Gasteiger partial charge < -0.3 is 5.11 Å². The van der Waals surface area contributed by atoms with E-state index < -0.39 is 0 Å². The van der Waals surface area contributed by atoms with Crippen LogP contribution in [0.1, 0.15) is 78.0 Å². The third-order valence-electron chi connectivity index (χ3n) is 4.58. The lowest BCUT2D eigenvalue weighted by Crippen LogP contribution is -2.10. The van der Waals surface area contributed by atoms with E-state index in [2.05, 4.69) is 52.8 Å². The third-order valence-corrected chi connectivity index (χ3v) is 4.58. The van der Waals surface area contributed by atoms with Gasteiger partial charge in [0.25, 0.3) is 0 Å². The number of ketones is 1. The smallest absolute Gasteiger partial charge is 0.166 e. The van der Waals surface area contributed by atoms with Crippen molar-refractivity contribution in [1.82, 2.24) is 0 Å². The van der Waals surface area contributed by atoms with Crippen molar-refractivity contribution >= 4 is 11.4 Å². The normalized spacial score (nSPS) is 12.4. The van der Waals surface area contributed by atoms with Crippen LogP contribution in [0.2, 0.25) is 0 Å². The maximum absolute atomic E-state index is 12.5. The fourth-order valence-corrected chi connectivity index (χ4v) is 2.55. The molecule has 132 valence electrons. The highest BCUT2D eigenvalue weighted by Crippen LogP contribution is 2.26. The van der Waals surface area contributed by atoms with Crippen molar-refractivity contribution in [2.75, 3.05) is 0 Å². The van der Waals surface area contributed by atoms with Gasteiger partial charge in [-0.3, -0.25) is 4.79 Å². The van der Waals surface area contributed by atoms with Crippen molar-refractivity contribution in [3.05, 3.63) is 51.8 Å². The minimum absolute atomic E-state index is 0.0112. The van der Waals surface area contributed by atoms with Gasteiger partial charge in [-0.15, -0.1) is 0 Å². The minimum Gasteiger partial charge on any atom is -0.512 e. The van der Waals surface area contributed by atoms with Gasteiger partial charge in [0, 0.05) is 17.9 Å². The van der Waals surface area contributed by atoms with Gasteiger partial charge in [0.1, 0.15) is 5.76 Å². The molecule has 0 saturated heterocycles. The van der Waals surface area contributed by atoms with Gasteiger partial charge in [-0.1, -0.05) is 51.5 Å². The van der Waals surface area contributed by atoms with Crippen LogP contribution >= 0.6 is 0 Å². The Balaban J connectivity index is 3.27. The fraction of sp³-hybridized carbons (Fsp3) is 0.500. The van der Waals surface area contributed by atoms with Gasteiger partial charge in [0.05, 0.1) is 0 Å². The van der Waals surface area contributed by atoms with Crippen molar-refractivity contribution in [2.45, 2.75) is 67.7 Å². The molecular formula is C22H32O2.